The number of fused-ring (bicyclic) bond motifs is 1. The highest BCUT2D eigenvalue weighted by Gasteiger charge is 2.24. The lowest BCUT2D eigenvalue weighted by atomic mass is 9.97. The summed E-state index contributed by atoms with van der Waals surface area (Å²) in [6, 6.07) is 14.1. The molecule has 0 bridgehead atoms. The average molecular weight is 443 g/mol. The summed E-state index contributed by atoms with van der Waals surface area (Å²) in [6.07, 6.45) is 0. The highest BCUT2D eigenvalue weighted by molar-refractivity contribution is 5.98. The summed E-state index contributed by atoms with van der Waals surface area (Å²) in [6.45, 7) is 1.81. The first kappa shape index (κ1) is 21.6. The molecular formula is C24H21N5O4. The van der Waals surface area contributed by atoms with Gasteiger partial charge < -0.3 is 15.2 Å². The Morgan fingerprint density at radius 2 is 1.76 bits per heavy atom. The molecule has 0 unspecified atom stereocenters. The van der Waals surface area contributed by atoms with E-state index in [0.29, 0.717) is 22.7 Å². The molecule has 2 aromatic heterocycles. The van der Waals surface area contributed by atoms with Crippen LogP contribution in [0.3, 0.4) is 0 Å². The van der Waals surface area contributed by atoms with Crippen LogP contribution in [0.1, 0.15) is 11.1 Å². The van der Waals surface area contributed by atoms with Crippen LogP contribution in [0.25, 0.3) is 27.8 Å². The summed E-state index contributed by atoms with van der Waals surface area (Å²) in [5, 5.41) is 9.98. The van der Waals surface area contributed by atoms with Gasteiger partial charge in [0.25, 0.3) is 5.56 Å². The van der Waals surface area contributed by atoms with Gasteiger partial charge in [-0.2, -0.15) is 5.26 Å². The fourth-order valence-corrected chi connectivity index (χ4v) is 3.90. The number of nitriles is 1. The van der Waals surface area contributed by atoms with Crippen molar-refractivity contribution in [3.05, 3.63) is 74.4 Å². The summed E-state index contributed by atoms with van der Waals surface area (Å²) in [4.78, 5) is 31.2. The van der Waals surface area contributed by atoms with E-state index in [1.54, 1.807) is 30.3 Å². The van der Waals surface area contributed by atoms with E-state index in [1.165, 1.54) is 25.8 Å². The Morgan fingerprint density at radius 3 is 2.39 bits per heavy atom. The summed E-state index contributed by atoms with van der Waals surface area (Å²) in [5.41, 5.74) is 6.98. The maximum atomic E-state index is 13.8. The van der Waals surface area contributed by atoms with Crippen molar-refractivity contribution in [2.75, 3.05) is 20.0 Å². The van der Waals surface area contributed by atoms with Crippen LogP contribution in [0, 0.1) is 18.3 Å². The van der Waals surface area contributed by atoms with Gasteiger partial charge in [0.1, 0.15) is 17.5 Å². The fraction of sp³-hybridized carbons (Fsp3) is 0.167. The molecule has 2 aromatic carbocycles. The SMILES string of the molecule is COc1ccc(-c2c(C#N)c(N)nc3c2c(=O)n(-c2ccccc2C)c(=O)n3C)cc1OC. The van der Waals surface area contributed by atoms with E-state index in [1.807, 2.05) is 19.1 Å². The van der Waals surface area contributed by atoms with Gasteiger partial charge in [-0.25, -0.2) is 14.3 Å². The molecule has 9 heteroatoms. The van der Waals surface area contributed by atoms with Crippen molar-refractivity contribution in [3.8, 4) is 34.4 Å². The maximum absolute atomic E-state index is 13.8. The molecule has 0 spiro atoms. The van der Waals surface area contributed by atoms with E-state index in [2.05, 4.69) is 11.1 Å². The molecule has 2 N–H and O–H groups in total. The number of ether oxygens (including phenoxy) is 2. The molecule has 0 saturated carbocycles. The largest absolute Gasteiger partial charge is 0.493 e. The number of methoxy groups -OCH3 is 2. The standard InChI is InChI=1S/C24H21N5O4/c1-13-7-5-6-8-16(13)29-23(30)20-19(14-9-10-17(32-3)18(11-14)33-4)15(12-25)21(26)27-22(20)28(2)24(29)31/h5-11H,1-4H3,(H2,26,27). The van der Waals surface area contributed by atoms with E-state index < -0.39 is 11.2 Å². The number of rotatable bonds is 4. The third-order valence-corrected chi connectivity index (χ3v) is 5.56. The van der Waals surface area contributed by atoms with Crippen molar-refractivity contribution < 1.29 is 9.47 Å². The van der Waals surface area contributed by atoms with E-state index in [-0.39, 0.29) is 28.0 Å². The molecule has 2 heterocycles. The number of anilines is 1. The third-order valence-electron chi connectivity index (χ3n) is 5.56. The maximum Gasteiger partial charge on any atom is 0.337 e. The number of aromatic nitrogens is 3. The highest BCUT2D eigenvalue weighted by Crippen LogP contribution is 2.37. The molecule has 0 amide bonds. The van der Waals surface area contributed by atoms with Crippen LogP contribution in [0.5, 0.6) is 11.5 Å². The summed E-state index contributed by atoms with van der Waals surface area (Å²) >= 11 is 0. The average Bonchev–Trinajstić information content (AvgIpc) is 2.82. The van der Waals surface area contributed by atoms with E-state index >= 15 is 0 Å². The molecular weight excluding hydrogens is 422 g/mol. The zero-order chi connectivity index (χ0) is 23.9. The lowest BCUT2D eigenvalue weighted by Gasteiger charge is -2.17. The van der Waals surface area contributed by atoms with E-state index in [9.17, 15) is 14.9 Å². The number of para-hydroxylation sites is 1. The second-order valence-corrected chi connectivity index (χ2v) is 7.40. The van der Waals surface area contributed by atoms with Crippen LogP contribution < -0.4 is 26.5 Å². The van der Waals surface area contributed by atoms with Crippen LogP contribution in [0.2, 0.25) is 0 Å². The molecule has 0 radical (unpaired) electrons. The normalized spacial score (nSPS) is 10.8. The Balaban J connectivity index is 2.24. The van der Waals surface area contributed by atoms with Gasteiger partial charge >= 0.3 is 5.69 Å². The minimum absolute atomic E-state index is 0.0294. The smallest absolute Gasteiger partial charge is 0.337 e. The number of hydrogen-bond donors (Lipinski definition) is 1. The molecule has 33 heavy (non-hydrogen) atoms. The highest BCUT2D eigenvalue weighted by atomic mass is 16.5. The molecule has 0 aliphatic carbocycles. The molecule has 0 aliphatic rings. The first-order chi connectivity index (χ1) is 15.8. The second-order valence-electron chi connectivity index (χ2n) is 7.40. The number of nitrogen functional groups attached to an aromatic ring is 1. The van der Waals surface area contributed by atoms with Crippen LogP contribution >= 0.6 is 0 Å². The lowest BCUT2D eigenvalue weighted by molar-refractivity contribution is 0.355. The Kier molecular flexibility index (Phi) is 5.35. The van der Waals surface area contributed by atoms with Crippen LogP contribution in [0.15, 0.2) is 52.1 Å². The molecule has 0 saturated heterocycles. The molecule has 9 nitrogen and oxygen atoms in total. The van der Waals surface area contributed by atoms with Crippen molar-refractivity contribution in [2.45, 2.75) is 6.92 Å². The van der Waals surface area contributed by atoms with Gasteiger partial charge in [-0.15, -0.1) is 0 Å². The predicted molar refractivity (Wildman–Crippen MR) is 125 cm³/mol. The summed E-state index contributed by atoms with van der Waals surface area (Å²) in [5.74, 6) is 0.806. The van der Waals surface area contributed by atoms with Crippen molar-refractivity contribution >= 4 is 16.9 Å². The van der Waals surface area contributed by atoms with Gasteiger partial charge in [0.2, 0.25) is 0 Å². The van der Waals surface area contributed by atoms with Gasteiger partial charge in [0, 0.05) is 12.6 Å². The van der Waals surface area contributed by atoms with Gasteiger partial charge in [0.05, 0.1) is 25.3 Å². The molecule has 4 rings (SSSR count). The number of hydrogen-bond acceptors (Lipinski definition) is 7. The van der Waals surface area contributed by atoms with Crippen molar-refractivity contribution in [2.24, 2.45) is 7.05 Å². The minimum atomic E-state index is -0.601. The van der Waals surface area contributed by atoms with Gasteiger partial charge in [-0.3, -0.25) is 9.36 Å². The van der Waals surface area contributed by atoms with Crippen molar-refractivity contribution in [3.63, 3.8) is 0 Å². The zero-order valence-corrected chi connectivity index (χ0v) is 18.5. The number of nitrogens with two attached hydrogens (primary N) is 1. The molecule has 0 fully saturated rings. The second kappa shape index (κ2) is 8.16. The quantitative estimate of drug-likeness (QED) is 0.514. The van der Waals surface area contributed by atoms with Crippen molar-refractivity contribution in [1.29, 1.82) is 5.26 Å². The third kappa shape index (κ3) is 3.29. The topological polar surface area (TPSA) is 125 Å². The summed E-state index contributed by atoms with van der Waals surface area (Å²) in [7, 11) is 4.51. The molecule has 166 valence electrons. The number of nitrogens with zero attached hydrogens (tertiary/aromatic N) is 4. The Morgan fingerprint density at radius 1 is 1.06 bits per heavy atom. The monoisotopic (exact) mass is 443 g/mol. The molecule has 4 aromatic rings. The fourth-order valence-electron chi connectivity index (χ4n) is 3.90. The molecule has 0 aliphatic heterocycles. The zero-order valence-electron chi connectivity index (χ0n) is 18.5. The van der Waals surface area contributed by atoms with Gasteiger partial charge in [-0.1, -0.05) is 24.3 Å². The lowest BCUT2D eigenvalue weighted by Crippen LogP contribution is -2.39. The van der Waals surface area contributed by atoms with Crippen LogP contribution in [-0.4, -0.2) is 28.3 Å². The first-order valence-electron chi connectivity index (χ1n) is 9.97. The Labute approximate surface area is 188 Å². The Hall–Kier alpha value is -4.58. The first-order valence-corrected chi connectivity index (χ1v) is 9.97. The number of pyridine rings is 1. The number of aryl methyl sites for hydroxylation is 2. The van der Waals surface area contributed by atoms with Crippen LogP contribution in [-0.2, 0) is 7.05 Å². The van der Waals surface area contributed by atoms with Crippen molar-refractivity contribution in [1.82, 2.24) is 14.1 Å². The van der Waals surface area contributed by atoms with Gasteiger partial charge in [-0.05, 0) is 36.2 Å². The Bertz CT molecular complexity index is 1580. The van der Waals surface area contributed by atoms with E-state index in [4.69, 9.17) is 15.2 Å². The molecule has 0 atom stereocenters. The minimum Gasteiger partial charge on any atom is -0.493 e. The number of benzene rings is 2. The van der Waals surface area contributed by atoms with E-state index in [0.717, 1.165) is 10.1 Å². The van der Waals surface area contributed by atoms with Crippen LogP contribution in [0.4, 0.5) is 5.82 Å². The summed E-state index contributed by atoms with van der Waals surface area (Å²) < 4.78 is 13.0. The van der Waals surface area contributed by atoms with Gasteiger partial charge in [0.15, 0.2) is 17.1 Å². The predicted octanol–water partition coefficient (Wildman–Crippen LogP) is 2.53.